The van der Waals surface area contributed by atoms with Gasteiger partial charge in [-0.25, -0.2) is 0 Å². The van der Waals surface area contributed by atoms with Crippen LogP contribution >= 0.6 is 24.0 Å². The molecule has 24 heavy (non-hydrogen) atoms. The third-order valence-corrected chi connectivity index (χ3v) is 4.43. The van der Waals surface area contributed by atoms with Crippen molar-refractivity contribution in [1.29, 1.82) is 0 Å². The molecule has 0 fully saturated rings. The van der Waals surface area contributed by atoms with Crippen LogP contribution in [0, 0.1) is 0 Å². The topological polar surface area (TPSA) is 73.5 Å². The Morgan fingerprint density at radius 3 is 2.71 bits per heavy atom. The first-order valence-electron chi connectivity index (χ1n) is 6.63. The van der Waals surface area contributed by atoms with Crippen LogP contribution in [0.1, 0.15) is 5.56 Å². The Labute approximate surface area is 145 Å². The molecule has 1 aromatic carbocycles. The van der Waals surface area contributed by atoms with Crippen molar-refractivity contribution in [3.05, 3.63) is 23.8 Å². The van der Waals surface area contributed by atoms with Gasteiger partial charge in [0, 0.05) is 11.9 Å². The predicted molar refractivity (Wildman–Crippen MR) is 87.5 cm³/mol. The molecular weight excluding hydrogens is 365 g/mol. The second-order valence-corrected chi connectivity index (χ2v) is 6.13. The molecule has 0 aliphatic carbocycles. The largest absolute Gasteiger partial charge is 0.416 e. The van der Waals surface area contributed by atoms with Crippen LogP contribution in [0.3, 0.4) is 0 Å². The summed E-state index contributed by atoms with van der Waals surface area (Å²) in [7, 11) is 1.54. The minimum atomic E-state index is -4.53. The van der Waals surface area contributed by atoms with Crippen molar-refractivity contribution in [3.63, 3.8) is 0 Å². The van der Waals surface area contributed by atoms with Gasteiger partial charge in [-0.3, -0.25) is 20.4 Å². The molecule has 0 spiro atoms. The summed E-state index contributed by atoms with van der Waals surface area (Å²) in [6.45, 7) is -0.424. The summed E-state index contributed by atoms with van der Waals surface area (Å²) in [5, 5.41) is 2.73. The van der Waals surface area contributed by atoms with E-state index in [2.05, 4.69) is 16.2 Å². The molecule has 0 saturated carbocycles. The van der Waals surface area contributed by atoms with Crippen LogP contribution in [0.15, 0.2) is 23.1 Å². The van der Waals surface area contributed by atoms with Gasteiger partial charge in [-0.05, 0) is 30.4 Å². The molecule has 1 aromatic rings. The number of fused-ring (bicyclic) bond motifs is 1. The highest BCUT2D eigenvalue weighted by molar-refractivity contribution is 8.00. The van der Waals surface area contributed by atoms with Gasteiger partial charge in [-0.1, -0.05) is 0 Å². The molecule has 1 aliphatic heterocycles. The summed E-state index contributed by atoms with van der Waals surface area (Å²) in [5.41, 5.74) is 3.84. The number of thiocarbonyl (C=S) groups is 1. The van der Waals surface area contributed by atoms with E-state index in [0.717, 1.165) is 28.8 Å². The van der Waals surface area contributed by atoms with E-state index in [-0.39, 0.29) is 16.6 Å². The van der Waals surface area contributed by atoms with Crippen molar-refractivity contribution in [2.75, 3.05) is 24.2 Å². The van der Waals surface area contributed by atoms with E-state index in [0.29, 0.717) is 4.90 Å². The van der Waals surface area contributed by atoms with Gasteiger partial charge < -0.3 is 10.2 Å². The lowest BCUT2D eigenvalue weighted by Gasteiger charge is -2.29. The first-order chi connectivity index (χ1) is 11.2. The summed E-state index contributed by atoms with van der Waals surface area (Å²) < 4.78 is 38.6. The summed E-state index contributed by atoms with van der Waals surface area (Å²) in [5.74, 6) is -1.01. The molecule has 2 rings (SSSR count). The smallest absolute Gasteiger partial charge is 0.364 e. The van der Waals surface area contributed by atoms with E-state index in [1.165, 1.54) is 6.07 Å². The van der Waals surface area contributed by atoms with Gasteiger partial charge in [0.15, 0.2) is 5.11 Å². The van der Waals surface area contributed by atoms with Crippen LogP contribution in [-0.4, -0.2) is 36.3 Å². The summed E-state index contributed by atoms with van der Waals surface area (Å²) in [4.78, 5) is 25.5. The number of nitrogens with one attached hydrogen (secondary N) is 3. The third kappa shape index (κ3) is 4.29. The van der Waals surface area contributed by atoms with Crippen molar-refractivity contribution in [1.82, 2.24) is 16.2 Å². The predicted octanol–water partition coefficient (Wildman–Crippen LogP) is 1.27. The maximum Gasteiger partial charge on any atom is 0.416 e. The lowest BCUT2D eigenvalue weighted by Crippen LogP contribution is -2.50. The minimum absolute atomic E-state index is 0.0496. The molecule has 0 saturated heterocycles. The standard InChI is InChI=1S/C13H13F3N4O2S2/c1-17-12(23)19-18-10(21)5-20-8-4-7(13(14,15)16)2-3-9(8)24-6-11(20)22/h2-4H,5-6H2,1H3,(H,18,21)(H2,17,19,23). The maximum atomic E-state index is 12.9. The summed E-state index contributed by atoms with van der Waals surface area (Å²) >= 11 is 5.91. The van der Waals surface area contributed by atoms with Crippen molar-refractivity contribution < 1.29 is 22.8 Å². The van der Waals surface area contributed by atoms with Crippen molar-refractivity contribution in [3.8, 4) is 0 Å². The molecule has 0 atom stereocenters. The number of halogens is 3. The van der Waals surface area contributed by atoms with Crippen molar-refractivity contribution in [2.45, 2.75) is 11.1 Å². The second kappa shape index (κ2) is 7.26. The normalized spacial score (nSPS) is 14.0. The summed E-state index contributed by atoms with van der Waals surface area (Å²) in [6.07, 6.45) is -4.53. The molecule has 0 bridgehead atoms. The highest BCUT2D eigenvalue weighted by Gasteiger charge is 2.34. The van der Waals surface area contributed by atoms with Crippen LogP contribution in [-0.2, 0) is 15.8 Å². The van der Waals surface area contributed by atoms with Crippen LogP contribution in [0.25, 0.3) is 0 Å². The fraction of sp³-hybridized carbons (Fsp3) is 0.308. The number of carbonyl (C=O) groups is 2. The van der Waals surface area contributed by atoms with Gasteiger partial charge in [-0.15, -0.1) is 11.8 Å². The van der Waals surface area contributed by atoms with Gasteiger partial charge in [0.05, 0.1) is 17.0 Å². The van der Waals surface area contributed by atoms with Gasteiger partial charge >= 0.3 is 6.18 Å². The first-order valence-corrected chi connectivity index (χ1v) is 8.02. The maximum absolute atomic E-state index is 12.9. The monoisotopic (exact) mass is 378 g/mol. The highest BCUT2D eigenvalue weighted by Crippen LogP contribution is 2.39. The molecule has 3 N–H and O–H groups in total. The number of anilines is 1. The van der Waals surface area contributed by atoms with Crippen LogP contribution in [0.5, 0.6) is 0 Å². The minimum Gasteiger partial charge on any atom is -0.364 e. The van der Waals surface area contributed by atoms with Gasteiger partial charge in [0.2, 0.25) is 5.91 Å². The molecule has 6 nitrogen and oxygen atoms in total. The Morgan fingerprint density at radius 1 is 1.38 bits per heavy atom. The number of benzene rings is 1. The van der Waals surface area contributed by atoms with Crippen LogP contribution < -0.4 is 21.1 Å². The Kier molecular flexibility index (Phi) is 5.54. The van der Waals surface area contributed by atoms with E-state index >= 15 is 0 Å². The van der Waals surface area contributed by atoms with Gasteiger partial charge in [-0.2, -0.15) is 13.2 Å². The molecule has 2 amide bonds. The van der Waals surface area contributed by atoms with E-state index in [9.17, 15) is 22.8 Å². The average Bonchev–Trinajstić information content (AvgIpc) is 2.53. The van der Waals surface area contributed by atoms with Gasteiger partial charge in [0.25, 0.3) is 5.91 Å². The zero-order valence-electron chi connectivity index (χ0n) is 12.4. The number of hydrazine groups is 1. The molecule has 130 valence electrons. The molecular formula is C13H13F3N4O2S2. The SMILES string of the molecule is CNC(=S)NNC(=O)CN1C(=O)CSc2ccc(C(F)(F)F)cc21. The number of hydrogen-bond donors (Lipinski definition) is 3. The Hall–Kier alpha value is -2.01. The zero-order valence-corrected chi connectivity index (χ0v) is 14.0. The fourth-order valence-corrected chi connectivity index (χ4v) is 2.89. The number of carbonyl (C=O) groups excluding carboxylic acids is 2. The lowest BCUT2D eigenvalue weighted by atomic mass is 10.1. The zero-order chi connectivity index (χ0) is 17.9. The number of thioether (sulfide) groups is 1. The third-order valence-electron chi connectivity index (χ3n) is 3.07. The van der Waals surface area contributed by atoms with Crippen molar-refractivity contribution in [2.24, 2.45) is 0 Å². The Balaban J connectivity index is 2.20. The first kappa shape index (κ1) is 18.3. The molecule has 0 unspecified atom stereocenters. The van der Waals surface area contributed by atoms with E-state index in [4.69, 9.17) is 12.2 Å². The van der Waals surface area contributed by atoms with E-state index in [1.54, 1.807) is 7.05 Å². The van der Waals surface area contributed by atoms with Crippen LogP contribution in [0.4, 0.5) is 18.9 Å². The molecule has 1 heterocycles. The second-order valence-electron chi connectivity index (χ2n) is 4.70. The number of amides is 2. The molecule has 1 aliphatic rings. The fourth-order valence-electron chi connectivity index (χ4n) is 1.92. The summed E-state index contributed by atoms with van der Waals surface area (Å²) in [6, 6.07) is 3.12. The Morgan fingerprint density at radius 2 is 2.08 bits per heavy atom. The number of hydrogen-bond acceptors (Lipinski definition) is 4. The van der Waals surface area contributed by atoms with E-state index in [1.807, 2.05) is 0 Å². The number of nitrogens with zero attached hydrogens (tertiary/aromatic N) is 1. The molecule has 0 radical (unpaired) electrons. The van der Waals surface area contributed by atoms with Crippen molar-refractivity contribution >= 4 is 46.6 Å². The molecule has 0 aromatic heterocycles. The Bertz CT molecular complexity index is 682. The number of alkyl halides is 3. The average molecular weight is 378 g/mol. The highest BCUT2D eigenvalue weighted by atomic mass is 32.2. The quantitative estimate of drug-likeness (QED) is 0.532. The number of rotatable bonds is 2. The van der Waals surface area contributed by atoms with E-state index < -0.39 is 30.1 Å². The lowest BCUT2D eigenvalue weighted by molar-refractivity contribution is -0.137. The molecule has 11 heteroatoms. The van der Waals surface area contributed by atoms with Crippen LogP contribution in [0.2, 0.25) is 0 Å². The van der Waals surface area contributed by atoms with Gasteiger partial charge in [0.1, 0.15) is 6.54 Å².